The Bertz CT molecular complexity index is 1590. The molecule has 1 aliphatic heterocycles. The number of nitrogens with one attached hydrogen (secondary N) is 3. The number of amides is 3. The van der Waals surface area contributed by atoms with Crippen LogP contribution < -0.4 is 30.5 Å². The molecule has 5 rings (SSSR count). The maximum atomic E-state index is 14.1. The molecule has 43 heavy (non-hydrogen) atoms. The molecule has 0 aromatic heterocycles. The van der Waals surface area contributed by atoms with Crippen molar-refractivity contribution >= 4 is 34.7 Å². The monoisotopic (exact) mass is 585 g/mol. The van der Waals surface area contributed by atoms with Crippen LogP contribution >= 0.6 is 0 Å². The molecule has 3 amide bonds. The molecule has 0 saturated carbocycles. The minimum absolute atomic E-state index is 0.168. The molecule has 1 heterocycles. The minimum Gasteiger partial charge on any atom is -0.495 e. The van der Waals surface area contributed by atoms with Gasteiger partial charge in [0.2, 0.25) is 0 Å². The molecule has 222 valence electrons. The lowest BCUT2D eigenvalue weighted by molar-refractivity contribution is 0.0940. The van der Waals surface area contributed by atoms with Gasteiger partial charge in [-0.25, -0.2) is 13.6 Å². The zero-order valence-corrected chi connectivity index (χ0v) is 23.9. The van der Waals surface area contributed by atoms with Gasteiger partial charge in [0.15, 0.2) is 0 Å². The number of methoxy groups -OCH3 is 1. The fourth-order valence-electron chi connectivity index (χ4n) is 5.13. The van der Waals surface area contributed by atoms with Gasteiger partial charge in [0.1, 0.15) is 17.4 Å². The van der Waals surface area contributed by atoms with Crippen LogP contribution in [0.5, 0.6) is 5.75 Å². The number of rotatable bonds is 8. The van der Waals surface area contributed by atoms with Crippen molar-refractivity contribution in [2.45, 2.75) is 13.0 Å². The molecular weight excluding hydrogens is 552 g/mol. The Kier molecular flexibility index (Phi) is 9.05. The van der Waals surface area contributed by atoms with Crippen molar-refractivity contribution in [2.24, 2.45) is 0 Å². The summed E-state index contributed by atoms with van der Waals surface area (Å²) in [5.41, 5.74) is 3.26. The Morgan fingerprint density at radius 1 is 0.791 bits per heavy atom. The summed E-state index contributed by atoms with van der Waals surface area (Å²) in [6, 6.07) is 24.5. The number of urea groups is 1. The maximum absolute atomic E-state index is 14.1. The van der Waals surface area contributed by atoms with E-state index in [1.807, 2.05) is 61.5 Å². The normalized spacial score (nSPS) is 13.7. The molecule has 0 aliphatic carbocycles. The summed E-state index contributed by atoms with van der Waals surface area (Å²) in [5, 5.41) is 8.10. The van der Waals surface area contributed by atoms with E-state index in [9.17, 15) is 18.4 Å². The summed E-state index contributed by atoms with van der Waals surface area (Å²) in [7, 11) is 1.66. The van der Waals surface area contributed by atoms with E-state index in [4.69, 9.17) is 4.74 Å². The van der Waals surface area contributed by atoms with Crippen molar-refractivity contribution in [2.75, 3.05) is 53.7 Å². The number of anilines is 4. The molecule has 1 atom stereocenters. The summed E-state index contributed by atoms with van der Waals surface area (Å²) in [6.45, 7) is 4.65. The number of ether oxygens (including phenoxy) is 1. The lowest BCUT2D eigenvalue weighted by Crippen LogP contribution is -2.47. The second-order valence-electron chi connectivity index (χ2n) is 10.2. The molecule has 4 aromatic carbocycles. The van der Waals surface area contributed by atoms with Crippen LogP contribution in [0.25, 0.3) is 0 Å². The Labute approximate surface area is 249 Å². The summed E-state index contributed by atoms with van der Waals surface area (Å²) in [4.78, 5) is 30.7. The minimum atomic E-state index is -0.896. The van der Waals surface area contributed by atoms with Crippen LogP contribution in [0.2, 0.25) is 0 Å². The third-order valence-corrected chi connectivity index (χ3v) is 7.37. The largest absolute Gasteiger partial charge is 0.495 e. The first kappa shape index (κ1) is 29.4. The maximum Gasteiger partial charge on any atom is 0.323 e. The summed E-state index contributed by atoms with van der Waals surface area (Å²) in [5.74, 6) is -1.14. The van der Waals surface area contributed by atoms with Crippen LogP contribution in [-0.4, -0.2) is 45.2 Å². The number of nitrogens with zero attached hydrogens (tertiary/aromatic N) is 2. The first-order chi connectivity index (χ1) is 20.8. The van der Waals surface area contributed by atoms with Crippen LogP contribution in [0.1, 0.15) is 28.9 Å². The number of carbonyl (C=O) groups excluding carboxylic acids is 2. The standard InChI is InChI=1S/C33H33F2N5O3/c1-22(23-8-4-3-5-9-23)36-32(41)26-21-25(37-33(42)38-28-14-12-24(34)20-27(28)35)13-15-29(26)39-16-18-40(19-17-39)30-10-6-7-11-31(30)43-2/h3-15,20-22H,16-19H2,1-2H3,(H,36,41)(H2,37,38,42). The van der Waals surface area contributed by atoms with E-state index in [0.29, 0.717) is 43.5 Å². The molecule has 1 saturated heterocycles. The van der Waals surface area contributed by atoms with Crippen LogP contribution in [-0.2, 0) is 0 Å². The zero-order valence-electron chi connectivity index (χ0n) is 23.9. The van der Waals surface area contributed by atoms with Crippen molar-refractivity contribution in [3.63, 3.8) is 0 Å². The molecule has 3 N–H and O–H groups in total. The fraction of sp³-hybridized carbons (Fsp3) is 0.212. The van der Waals surface area contributed by atoms with E-state index in [2.05, 4.69) is 25.8 Å². The molecule has 0 bridgehead atoms. The van der Waals surface area contributed by atoms with Gasteiger partial charge in [-0.1, -0.05) is 42.5 Å². The SMILES string of the molecule is COc1ccccc1N1CCN(c2ccc(NC(=O)Nc3ccc(F)cc3F)cc2C(=O)NC(C)c2ccccc2)CC1. The molecule has 1 fully saturated rings. The van der Waals surface area contributed by atoms with Gasteiger partial charge in [0.25, 0.3) is 5.91 Å². The average Bonchev–Trinajstić information content (AvgIpc) is 3.03. The van der Waals surface area contributed by atoms with Crippen molar-refractivity contribution in [3.05, 3.63) is 114 Å². The zero-order chi connectivity index (χ0) is 30.3. The number of para-hydroxylation sites is 2. The van der Waals surface area contributed by atoms with Gasteiger partial charge in [0, 0.05) is 43.6 Å². The highest BCUT2D eigenvalue weighted by molar-refractivity contribution is 6.04. The van der Waals surface area contributed by atoms with Crippen molar-refractivity contribution in [1.82, 2.24) is 5.32 Å². The number of halogens is 2. The van der Waals surface area contributed by atoms with Gasteiger partial charge in [-0.3, -0.25) is 4.79 Å². The van der Waals surface area contributed by atoms with E-state index in [1.54, 1.807) is 25.3 Å². The summed E-state index contributed by atoms with van der Waals surface area (Å²) < 4.78 is 32.9. The van der Waals surface area contributed by atoms with Crippen LogP contribution in [0, 0.1) is 11.6 Å². The van der Waals surface area contributed by atoms with E-state index in [-0.39, 0.29) is 17.6 Å². The van der Waals surface area contributed by atoms with Gasteiger partial charge in [-0.05, 0) is 55.0 Å². The molecule has 4 aromatic rings. The molecule has 10 heteroatoms. The van der Waals surface area contributed by atoms with Crippen molar-refractivity contribution in [1.29, 1.82) is 0 Å². The number of hydrogen-bond donors (Lipinski definition) is 3. The third kappa shape index (κ3) is 7.03. The lowest BCUT2D eigenvalue weighted by atomic mass is 10.1. The first-order valence-electron chi connectivity index (χ1n) is 14.0. The average molecular weight is 586 g/mol. The quantitative estimate of drug-likeness (QED) is 0.222. The smallest absolute Gasteiger partial charge is 0.323 e. The molecule has 0 spiro atoms. The topological polar surface area (TPSA) is 85.9 Å². The van der Waals surface area contributed by atoms with Crippen LogP contribution in [0.4, 0.5) is 36.3 Å². The van der Waals surface area contributed by atoms with E-state index in [0.717, 1.165) is 34.8 Å². The van der Waals surface area contributed by atoms with Gasteiger partial charge >= 0.3 is 6.03 Å². The van der Waals surface area contributed by atoms with Crippen LogP contribution in [0.3, 0.4) is 0 Å². The molecular formula is C33H33F2N5O3. The lowest BCUT2D eigenvalue weighted by Gasteiger charge is -2.38. The number of hydrogen-bond acceptors (Lipinski definition) is 5. The number of carbonyl (C=O) groups is 2. The van der Waals surface area contributed by atoms with E-state index in [1.165, 1.54) is 0 Å². The van der Waals surface area contributed by atoms with E-state index >= 15 is 0 Å². The summed E-state index contributed by atoms with van der Waals surface area (Å²) >= 11 is 0. The number of benzene rings is 4. The van der Waals surface area contributed by atoms with Gasteiger partial charge in [-0.15, -0.1) is 0 Å². The molecule has 0 radical (unpaired) electrons. The second-order valence-corrected chi connectivity index (χ2v) is 10.2. The predicted octanol–water partition coefficient (Wildman–Crippen LogP) is 6.44. The first-order valence-corrected chi connectivity index (χ1v) is 14.0. The van der Waals surface area contributed by atoms with Gasteiger partial charge < -0.3 is 30.5 Å². The summed E-state index contributed by atoms with van der Waals surface area (Å²) in [6.07, 6.45) is 0. The fourth-order valence-corrected chi connectivity index (χ4v) is 5.13. The molecule has 8 nitrogen and oxygen atoms in total. The highest BCUT2D eigenvalue weighted by atomic mass is 19.1. The Morgan fingerprint density at radius 3 is 2.16 bits per heavy atom. The van der Waals surface area contributed by atoms with Gasteiger partial charge in [0.05, 0.1) is 30.1 Å². The highest BCUT2D eigenvalue weighted by Gasteiger charge is 2.24. The van der Waals surface area contributed by atoms with E-state index < -0.39 is 17.7 Å². The Balaban J connectivity index is 1.36. The molecule has 1 aliphatic rings. The van der Waals surface area contributed by atoms with Crippen molar-refractivity contribution < 1.29 is 23.1 Å². The van der Waals surface area contributed by atoms with Gasteiger partial charge in [-0.2, -0.15) is 0 Å². The second kappa shape index (κ2) is 13.2. The third-order valence-electron chi connectivity index (χ3n) is 7.37. The van der Waals surface area contributed by atoms with Crippen molar-refractivity contribution in [3.8, 4) is 5.75 Å². The highest BCUT2D eigenvalue weighted by Crippen LogP contribution is 2.31. The predicted molar refractivity (Wildman–Crippen MR) is 165 cm³/mol. The number of piperazine rings is 1. The Morgan fingerprint density at radius 2 is 1.47 bits per heavy atom. The van der Waals surface area contributed by atoms with Crippen LogP contribution in [0.15, 0.2) is 91.0 Å². The Hall–Kier alpha value is -5.12. The molecule has 1 unspecified atom stereocenters.